The van der Waals surface area contributed by atoms with Crippen LogP contribution in [-0.2, 0) is 14.3 Å². The van der Waals surface area contributed by atoms with E-state index in [9.17, 15) is 9.59 Å². The molecular weight excluding hydrogens is 268 g/mol. The van der Waals surface area contributed by atoms with Gasteiger partial charge in [-0.15, -0.1) is 0 Å². The molecule has 0 radical (unpaired) electrons. The maximum absolute atomic E-state index is 11.6. The number of nitrogens with one attached hydrogen (secondary N) is 2. The molecule has 19 heavy (non-hydrogen) atoms. The fraction of sp³-hybridized carbons (Fsp3) is 0.385. The van der Waals surface area contributed by atoms with Crippen molar-refractivity contribution in [1.82, 2.24) is 5.32 Å². The van der Waals surface area contributed by atoms with Crippen LogP contribution in [-0.4, -0.2) is 31.1 Å². The van der Waals surface area contributed by atoms with E-state index in [-0.39, 0.29) is 6.10 Å². The number of halogens is 1. The second kappa shape index (κ2) is 6.54. The van der Waals surface area contributed by atoms with Crippen LogP contribution in [0.2, 0.25) is 5.02 Å². The maximum Gasteiger partial charge on any atom is 0.313 e. The molecule has 0 unspecified atom stereocenters. The topological polar surface area (TPSA) is 67.4 Å². The fourth-order valence-corrected chi connectivity index (χ4v) is 2.02. The van der Waals surface area contributed by atoms with Gasteiger partial charge in [0.15, 0.2) is 0 Å². The molecule has 2 amide bonds. The molecule has 0 bridgehead atoms. The maximum atomic E-state index is 11.6. The van der Waals surface area contributed by atoms with E-state index in [1.165, 1.54) is 0 Å². The molecule has 1 fully saturated rings. The van der Waals surface area contributed by atoms with Crippen molar-refractivity contribution in [3.8, 4) is 0 Å². The SMILES string of the molecule is O=C(NC[C@@H]1CCCO1)C(=O)Nc1ccccc1Cl. The summed E-state index contributed by atoms with van der Waals surface area (Å²) in [6.07, 6.45) is 1.91. The van der Waals surface area contributed by atoms with E-state index in [0.29, 0.717) is 23.9 Å². The molecule has 102 valence electrons. The van der Waals surface area contributed by atoms with Crippen LogP contribution in [0.15, 0.2) is 24.3 Å². The summed E-state index contributed by atoms with van der Waals surface area (Å²) in [6.45, 7) is 1.07. The summed E-state index contributed by atoms with van der Waals surface area (Å²) in [4.78, 5) is 23.2. The zero-order chi connectivity index (χ0) is 13.7. The Balaban J connectivity index is 1.82. The first-order chi connectivity index (χ1) is 9.16. The van der Waals surface area contributed by atoms with Crippen LogP contribution in [0, 0.1) is 0 Å². The fourth-order valence-electron chi connectivity index (χ4n) is 1.83. The van der Waals surface area contributed by atoms with Crippen LogP contribution >= 0.6 is 11.6 Å². The van der Waals surface area contributed by atoms with E-state index in [0.717, 1.165) is 12.8 Å². The van der Waals surface area contributed by atoms with Crippen molar-refractivity contribution in [2.45, 2.75) is 18.9 Å². The Morgan fingerprint density at radius 2 is 2.11 bits per heavy atom. The lowest BCUT2D eigenvalue weighted by molar-refractivity contribution is -0.136. The largest absolute Gasteiger partial charge is 0.376 e. The smallest absolute Gasteiger partial charge is 0.313 e. The molecule has 0 aromatic heterocycles. The van der Waals surface area contributed by atoms with Gasteiger partial charge >= 0.3 is 11.8 Å². The van der Waals surface area contributed by atoms with Gasteiger partial charge in [-0.2, -0.15) is 0 Å². The van der Waals surface area contributed by atoms with Gasteiger partial charge in [0.05, 0.1) is 16.8 Å². The summed E-state index contributed by atoms with van der Waals surface area (Å²) in [5.41, 5.74) is 0.418. The highest BCUT2D eigenvalue weighted by Crippen LogP contribution is 2.20. The molecular formula is C13H15ClN2O3. The van der Waals surface area contributed by atoms with Gasteiger partial charge in [0, 0.05) is 13.2 Å². The summed E-state index contributed by atoms with van der Waals surface area (Å²) in [5, 5.41) is 5.40. The molecule has 2 rings (SSSR count). The minimum Gasteiger partial charge on any atom is -0.376 e. The minimum atomic E-state index is -0.730. The van der Waals surface area contributed by atoms with Crippen LogP contribution in [0.4, 0.5) is 5.69 Å². The van der Waals surface area contributed by atoms with Crippen LogP contribution < -0.4 is 10.6 Å². The highest BCUT2D eigenvalue weighted by Gasteiger charge is 2.19. The Morgan fingerprint density at radius 3 is 2.79 bits per heavy atom. The van der Waals surface area contributed by atoms with Gasteiger partial charge in [-0.3, -0.25) is 9.59 Å². The van der Waals surface area contributed by atoms with Crippen molar-refractivity contribution < 1.29 is 14.3 Å². The van der Waals surface area contributed by atoms with Crippen molar-refractivity contribution in [1.29, 1.82) is 0 Å². The van der Waals surface area contributed by atoms with Gasteiger partial charge in [0.25, 0.3) is 0 Å². The molecule has 6 heteroatoms. The number of para-hydroxylation sites is 1. The Morgan fingerprint density at radius 1 is 1.32 bits per heavy atom. The first kappa shape index (κ1) is 13.8. The molecule has 2 N–H and O–H groups in total. The molecule has 0 spiro atoms. The minimum absolute atomic E-state index is 0.0112. The monoisotopic (exact) mass is 282 g/mol. The molecule has 1 aliphatic heterocycles. The van der Waals surface area contributed by atoms with Gasteiger partial charge in [-0.1, -0.05) is 23.7 Å². The summed E-state index contributed by atoms with van der Waals surface area (Å²) < 4.78 is 5.35. The first-order valence-corrected chi connectivity index (χ1v) is 6.50. The average molecular weight is 283 g/mol. The van der Waals surface area contributed by atoms with Gasteiger partial charge in [0.2, 0.25) is 0 Å². The van der Waals surface area contributed by atoms with E-state index in [4.69, 9.17) is 16.3 Å². The summed E-state index contributed by atoms with van der Waals surface area (Å²) >= 11 is 5.89. The summed E-state index contributed by atoms with van der Waals surface area (Å²) in [7, 11) is 0. The number of hydrogen-bond acceptors (Lipinski definition) is 3. The molecule has 1 aliphatic rings. The van der Waals surface area contributed by atoms with E-state index in [2.05, 4.69) is 10.6 Å². The highest BCUT2D eigenvalue weighted by atomic mass is 35.5. The van der Waals surface area contributed by atoms with Gasteiger partial charge < -0.3 is 15.4 Å². The van der Waals surface area contributed by atoms with E-state index in [1.807, 2.05) is 0 Å². The number of carbonyl (C=O) groups excluding carboxylic acids is 2. The molecule has 1 saturated heterocycles. The van der Waals surface area contributed by atoms with E-state index >= 15 is 0 Å². The second-order valence-electron chi connectivity index (χ2n) is 4.28. The predicted octanol–water partition coefficient (Wildman–Crippen LogP) is 1.57. The number of rotatable bonds is 3. The number of hydrogen-bond donors (Lipinski definition) is 2. The molecule has 1 atom stereocenters. The lowest BCUT2D eigenvalue weighted by Gasteiger charge is -2.11. The summed E-state index contributed by atoms with van der Waals surface area (Å²) in [6, 6.07) is 6.75. The van der Waals surface area contributed by atoms with Gasteiger partial charge in [-0.05, 0) is 25.0 Å². The Hall–Kier alpha value is -1.59. The Labute approximate surface area is 116 Å². The zero-order valence-electron chi connectivity index (χ0n) is 10.3. The van der Waals surface area contributed by atoms with Gasteiger partial charge in [0.1, 0.15) is 0 Å². The van der Waals surface area contributed by atoms with Gasteiger partial charge in [-0.25, -0.2) is 0 Å². The van der Waals surface area contributed by atoms with Crippen molar-refractivity contribution in [3.05, 3.63) is 29.3 Å². The number of benzene rings is 1. The Bertz CT molecular complexity index is 473. The standard InChI is InChI=1S/C13H15ClN2O3/c14-10-5-1-2-6-11(10)16-13(18)12(17)15-8-9-4-3-7-19-9/h1-2,5-6,9H,3-4,7-8H2,(H,15,17)(H,16,18)/t9-/m0/s1. The van der Waals surface area contributed by atoms with E-state index in [1.54, 1.807) is 24.3 Å². The second-order valence-corrected chi connectivity index (χ2v) is 4.69. The molecule has 1 heterocycles. The van der Waals surface area contributed by atoms with Crippen molar-refractivity contribution in [3.63, 3.8) is 0 Å². The molecule has 0 aliphatic carbocycles. The number of carbonyl (C=O) groups is 2. The quantitative estimate of drug-likeness (QED) is 0.827. The zero-order valence-corrected chi connectivity index (χ0v) is 11.1. The third-order valence-electron chi connectivity index (χ3n) is 2.84. The lowest BCUT2D eigenvalue weighted by Crippen LogP contribution is -2.39. The molecule has 1 aromatic carbocycles. The highest BCUT2D eigenvalue weighted by molar-refractivity contribution is 6.41. The lowest BCUT2D eigenvalue weighted by atomic mass is 10.2. The molecule has 1 aromatic rings. The van der Waals surface area contributed by atoms with Crippen LogP contribution in [0.1, 0.15) is 12.8 Å². The van der Waals surface area contributed by atoms with E-state index < -0.39 is 11.8 Å². The van der Waals surface area contributed by atoms with Crippen LogP contribution in [0.25, 0.3) is 0 Å². The van der Waals surface area contributed by atoms with Crippen molar-refractivity contribution in [2.75, 3.05) is 18.5 Å². The molecule has 5 nitrogen and oxygen atoms in total. The number of anilines is 1. The number of ether oxygens (including phenoxy) is 1. The average Bonchev–Trinajstić information content (AvgIpc) is 2.91. The Kier molecular flexibility index (Phi) is 4.76. The van der Waals surface area contributed by atoms with Crippen molar-refractivity contribution >= 4 is 29.1 Å². The number of amides is 2. The summed E-state index contributed by atoms with van der Waals surface area (Å²) in [5.74, 6) is -1.42. The normalized spacial score (nSPS) is 18.1. The van der Waals surface area contributed by atoms with Crippen LogP contribution in [0.5, 0.6) is 0 Å². The first-order valence-electron chi connectivity index (χ1n) is 6.12. The third kappa shape index (κ3) is 3.94. The molecule has 0 saturated carbocycles. The van der Waals surface area contributed by atoms with Crippen LogP contribution in [0.3, 0.4) is 0 Å². The third-order valence-corrected chi connectivity index (χ3v) is 3.17. The predicted molar refractivity (Wildman–Crippen MR) is 72.1 cm³/mol. The van der Waals surface area contributed by atoms with Crippen molar-refractivity contribution in [2.24, 2.45) is 0 Å².